The summed E-state index contributed by atoms with van der Waals surface area (Å²) in [6.07, 6.45) is 0. The van der Waals surface area contributed by atoms with Gasteiger partial charge >= 0.3 is 0 Å². The van der Waals surface area contributed by atoms with Gasteiger partial charge in [-0.3, -0.25) is 9.78 Å². The standard InChI is InChI=1S/C17H21NO4/c1-13-10-15(17(20-2)18-16(13)19)12-22-9-8-21-11-14-6-4-3-5-7-14/h3-7,10H,8-9,11-12H2,1-2H3,(H,18,19). The van der Waals surface area contributed by atoms with Crippen LogP contribution in [-0.2, 0) is 22.7 Å². The zero-order chi connectivity index (χ0) is 15.8. The fourth-order valence-corrected chi connectivity index (χ4v) is 2.03. The summed E-state index contributed by atoms with van der Waals surface area (Å²) < 4.78 is 16.3. The van der Waals surface area contributed by atoms with E-state index >= 15 is 0 Å². The van der Waals surface area contributed by atoms with Crippen LogP contribution >= 0.6 is 0 Å². The second-order valence-electron chi connectivity index (χ2n) is 4.93. The van der Waals surface area contributed by atoms with E-state index in [1.54, 1.807) is 13.0 Å². The zero-order valence-corrected chi connectivity index (χ0v) is 12.9. The Bertz CT molecular complexity index is 637. The lowest BCUT2D eigenvalue weighted by atomic mass is 10.2. The van der Waals surface area contributed by atoms with Gasteiger partial charge in [-0.15, -0.1) is 0 Å². The smallest absolute Gasteiger partial charge is 0.253 e. The quantitative estimate of drug-likeness (QED) is 0.761. The van der Waals surface area contributed by atoms with Gasteiger partial charge < -0.3 is 14.2 Å². The molecule has 2 aromatic rings. The Morgan fingerprint density at radius 1 is 1.05 bits per heavy atom. The normalized spacial score (nSPS) is 10.6. The van der Waals surface area contributed by atoms with Gasteiger partial charge in [0.1, 0.15) is 0 Å². The molecule has 0 aliphatic heterocycles. The molecule has 1 aromatic carbocycles. The molecule has 0 atom stereocenters. The lowest BCUT2D eigenvalue weighted by Crippen LogP contribution is -2.13. The van der Waals surface area contributed by atoms with Gasteiger partial charge in [0.15, 0.2) is 5.88 Å². The summed E-state index contributed by atoms with van der Waals surface area (Å²) >= 11 is 0. The summed E-state index contributed by atoms with van der Waals surface area (Å²) in [5.41, 5.74) is 2.45. The molecule has 118 valence electrons. The number of nitrogens with one attached hydrogen (secondary N) is 1. The minimum absolute atomic E-state index is 0.146. The number of H-pyrrole nitrogens is 1. The molecule has 0 aliphatic rings. The number of hydrogen-bond donors (Lipinski definition) is 1. The number of ether oxygens (including phenoxy) is 3. The lowest BCUT2D eigenvalue weighted by molar-refractivity contribution is 0.0331. The van der Waals surface area contributed by atoms with Crippen molar-refractivity contribution in [1.29, 1.82) is 0 Å². The van der Waals surface area contributed by atoms with Crippen LogP contribution in [-0.4, -0.2) is 25.3 Å². The first-order valence-electron chi connectivity index (χ1n) is 7.17. The van der Waals surface area contributed by atoms with Crippen molar-refractivity contribution in [3.8, 4) is 5.88 Å². The Kier molecular flexibility index (Phi) is 6.18. The van der Waals surface area contributed by atoms with Crippen molar-refractivity contribution >= 4 is 0 Å². The molecule has 5 nitrogen and oxygen atoms in total. The minimum Gasteiger partial charge on any atom is -0.482 e. The minimum atomic E-state index is -0.146. The van der Waals surface area contributed by atoms with Crippen LogP contribution in [0.2, 0.25) is 0 Å². The highest BCUT2D eigenvalue weighted by Gasteiger charge is 2.06. The molecule has 0 saturated carbocycles. The lowest BCUT2D eigenvalue weighted by Gasteiger charge is -2.10. The van der Waals surface area contributed by atoms with Crippen molar-refractivity contribution in [3.63, 3.8) is 0 Å². The number of benzene rings is 1. The molecule has 1 N–H and O–H groups in total. The van der Waals surface area contributed by atoms with Crippen molar-refractivity contribution in [2.45, 2.75) is 20.1 Å². The van der Waals surface area contributed by atoms with Crippen molar-refractivity contribution in [1.82, 2.24) is 4.98 Å². The zero-order valence-electron chi connectivity index (χ0n) is 12.9. The van der Waals surface area contributed by atoms with Crippen LogP contribution in [0, 0.1) is 6.92 Å². The predicted octanol–water partition coefficient (Wildman–Crippen LogP) is 2.43. The van der Waals surface area contributed by atoms with E-state index in [2.05, 4.69) is 4.98 Å². The number of aryl methyl sites for hydroxylation is 1. The Morgan fingerprint density at radius 3 is 2.41 bits per heavy atom. The summed E-state index contributed by atoms with van der Waals surface area (Å²) in [6, 6.07) is 11.8. The number of hydrogen-bond acceptors (Lipinski definition) is 4. The van der Waals surface area contributed by atoms with Gasteiger partial charge in [-0.05, 0) is 18.6 Å². The van der Waals surface area contributed by atoms with Gasteiger partial charge in [0.05, 0.1) is 33.5 Å². The largest absolute Gasteiger partial charge is 0.482 e. The van der Waals surface area contributed by atoms with Crippen LogP contribution in [0.5, 0.6) is 5.88 Å². The van der Waals surface area contributed by atoms with Crippen molar-refractivity contribution in [2.24, 2.45) is 0 Å². The van der Waals surface area contributed by atoms with Crippen LogP contribution in [0.15, 0.2) is 41.2 Å². The first-order valence-corrected chi connectivity index (χ1v) is 7.17. The van der Waals surface area contributed by atoms with Crippen molar-refractivity contribution in [3.05, 3.63) is 63.4 Å². The highest BCUT2D eigenvalue weighted by Crippen LogP contribution is 2.14. The summed E-state index contributed by atoms with van der Waals surface area (Å²) in [4.78, 5) is 14.2. The molecule has 0 bridgehead atoms. The summed E-state index contributed by atoms with van der Waals surface area (Å²) in [7, 11) is 1.52. The molecule has 0 aliphatic carbocycles. The topological polar surface area (TPSA) is 60.6 Å². The van der Waals surface area contributed by atoms with E-state index in [0.717, 1.165) is 11.1 Å². The van der Waals surface area contributed by atoms with E-state index in [-0.39, 0.29) is 5.56 Å². The molecule has 0 spiro atoms. The maximum absolute atomic E-state index is 11.5. The van der Waals surface area contributed by atoms with Crippen LogP contribution in [0.1, 0.15) is 16.7 Å². The maximum Gasteiger partial charge on any atom is 0.253 e. The molecule has 2 rings (SSSR count). The van der Waals surface area contributed by atoms with Crippen molar-refractivity contribution < 1.29 is 14.2 Å². The second-order valence-corrected chi connectivity index (χ2v) is 4.93. The molecule has 0 radical (unpaired) electrons. The van der Waals surface area contributed by atoms with Crippen molar-refractivity contribution in [2.75, 3.05) is 20.3 Å². The number of methoxy groups -OCH3 is 1. The molecule has 22 heavy (non-hydrogen) atoms. The second kappa shape index (κ2) is 8.36. The SMILES string of the molecule is COc1[nH]c(=O)c(C)cc1COCCOCc1ccccc1. The van der Waals surface area contributed by atoms with E-state index < -0.39 is 0 Å². The molecule has 1 aromatic heterocycles. The fraction of sp³-hybridized carbons (Fsp3) is 0.353. The number of pyridine rings is 1. The van der Waals surface area contributed by atoms with E-state index in [0.29, 0.717) is 37.9 Å². The molecular weight excluding hydrogens is 282 g/mol. The van der Waals surface area contributed by atoms with Gasteiger partial charge in [-0.2, -0.15) is 0 Å². The van der Waals surface area contributed by atoms with Gasteiger partial charge in [0, 0.05) is 11.1 Å². The van der Waals surface area contributed by atoms with Crippen LogP contribution in [0.3, 0.4) is 0 Å². The Labute approximate surface area is 129 Å². The highest BCUT2D eigenvalue weighted by molar-refractivity contribution is 5.28. The monoisotopic (exact) mass is 303 g/mol. The molecule has 0 saturated heterocycles. The predicted molar refractivity (Wildman–Crippen MR) is 84.1 cm³/mol. The highest BCUT2D eigenvalue weighted by atomic mass is 16.5. The third kappa shape index (κ3) is 4.72. The van der Waals surface area contributed by atoms with Gasteiger partial charge in [0.2, 0.25) is 0 Å². The average molecular weight is 303 g/mol. The molecule has 1 heterocycles. The van der Waals surface area contributed by atoms with Gasteiger partial charge in [-0.25, -0.2) is 0 Å². The van der Waals surface area contributed by atoms with Crippen LogP contribution in [0.4, 0.5) is 0 Å². The van der Waals surface area contributed by atoms with E-state index in [1.165, 1.54) is 7.11 Å². The fourth-order valence-electron chi connectivity index (χ4n) is 2.03. The Morgan fingerprint density at radius 2 is 1.73 bits per heavy atom. The van der Waals surface area contributed by atoms with Gasteiger partial charge in [0.25, 0.3) is 5.56 Å². The van der Waals surface area contributed by atoms with Gasteiger partial charge in [-0.1, -0.05) is 30.3 Å². The average Bonchev–Trinajstić information content (AvgIpc) is 2.54. The molecule has 0 amide bonds. The van der Waals surface area contributed by atoms with E-state index in [4.69, 9.17) is 14.2 Å². The third-order valence-electron chi connectivity index (χ3n) is 3.21. The van der Waals surface area contributed by atoms with E-state index in [1.807, 2.05) is 30.3 Å². The third-order valence-corrected chi connectivity index (χ3v) is 3.21. The first-order chi connectivity index (χ1) is 10.7. The van der Waals surface area contributed by atoms with Crippen LogP contribution < -0.4 is 10.3 Å². The Balaban J connectivity index is 1.73. The first kappa shape index (κ1) is 16.3. The molecule has 0 fully saturated rings. The van der Waals surface area contributed by atoms with Crippen LogP contribution in [0.25, 0.3) is 0 Å². The summed E-state index contributed by atoms with van der Waals surface area (Å²) in [6.45, 7) is 3.69. The molecule has 0 unspecified atom stereocenters. The number of aromatic amines is 1. The maximum atomic E-state index is 11.5. The molecular formula is C17H21NO4. The number of rotatable bonds is 8. The molecule has 5 heteroatoms. The summed E-state index contributed by atoms with van der Waals surface area (Å²) in [5.74, 6) is 0.445. The van der Waals surface area contributed by atoms with E-state index in [9.17, 15) is 4.79 Å². The Hall–Kier alpha value is -2.11. The summed E-state index contributed by atoms with van der Waals surface area (Å²) in [5, 5.41) is 0. The number of aromatic nitrogens is 1.